The van der Waals surface area contributed by atoms with Crippen molar-refractivity contribution >= 4 is 45.0 Å². The van der Waals surface area contributed by atoms with Crippen molar-refractivity contribution in [2.24, 2.45) is 5.92 Å². The third kappa shape index (κ3) is 4.02. The van der Waals surface area contributed by atoms with Gasteiger partial charge in [0.2, 0.25) is 11.8 Å². The van der Waals surface area contributed by atoms with Gasteiger partial charge in [0.1, 0.15) is 11.7 Å². The zero-order valence-corrected chi connectivity index (χ0v) is 15.5. The molecule has 1 unspecified atom stereocenters. The van der Waals surface area contributed by atoms with Crippen LogP contribution in [0.25, 0.3) is 0 Å². The predicted molar refractivity (Wildman–Crippen MR) is 97.9 cm³/mol. The van der Waals surface area contributed by atoms with Gasteiger partial charge in [-0.05, 0) is 54.4 Å². The minimum Gasteiger partial charge on any atom is -0.351 e. The first-order valence-electron chi connectivity index (χ1n) is 7.74. The van der Waals surface area contributed by atoms with E-state index in [9.17, 15) is 14.0 Å². The minimum absolute atomic E-state index is 0.155. The number of carbonyl (C=O) groups excluding carboxylic acids is 2. The molecule has 1 saturated heterocycles. The van der Waals surface area contributed by atoms with Crippen LogP contribution in [0.2, 0.25) is 5.02 Å². The van der Waals surface area contributed by atoms with Crippen LogP contribution >= 0.6 is 27.5 Å². The van der Waals surface area contributed by atoms with Gasteiger partial charge in [0.05, 0.1) is 0 Å². The van der Waals surface area contributed by atoms with E-state index < -0.39 is 5.92 Å². The largest absolute Gasteiger partial charge is 0.351 e. The summed E-state index contributed by atoms with van der Waals surface area (Å²) in [7, 11) is 0. The molecule has 1 atom stereocenters. The highest BCUT2D eigenvalue weighted by Crippen LogP contribution is 2.27. The Bertz CT molecular complexity index is 813. The number of hydrogen-bond donors (Lipinski definition) is 1. The molecule has 1 N–H and O–H groups in total. The van der Waals surface area contributed by atoms with Crippen LogP contribution in [0.1, 0.15) is 12.0 Å². The van der Waals surface area contributed by atoms with Crippen molar-refractivity contribution in [2.75, 3.05) is 11.4 Å². The molecule has 25 heavy (non-hydrogen) atoms. The van der Waals surface area contributed by atoms with Gasteiger partial charge in [-0.25, -0.2) is 4.39 Å². The molecule has 2 aromatic carbocycles. The highest BCUT2D eigenvalue weighted by molar-refractivity contribution is 9.10. The predicted octanol–water partition coefficient (Wildman–Crippen LogP) is 3.91. The fourth-order valence-electron chi connectivity index (χ4n) is 2.78. The lowest BCUT2D eigenvalue weighted by molar-refractivity contribution is -0.132. The van der Waals surface area contributed by atoms with Crippen LogP contribution in [0.15, 0.2) is 46.9 Å². The third-order valence-corrected chi connectivity index (χ3v) is 5.15. The highest BCUT2D eigenvalue weighted by atomic mass is 79.9. The Morgan fingerprint density at radius 1 is 1.28 bits per heavy atom. The van der Waals surface area contributed by atoms with Gasteiger partial charge in [0.25, 0.3) is 0 Å². The van der Waals surface area contributed by atoms with E-state index in [0.29, 0.717) is 28.0 Å². The Labute approximate surface area is 158 Å². The zero-order chi connectivity index (χ0) is 18.0. The van der Waals surface area contributed by atoms with E-state index >= 15 is 0 Å². The molecule has 3 rings (SSSR count). The van der Waals surface area contributed by atoms with Gasteiger partial charge in [-0.1, -0.05) is 27.5 Å². The number of hydrogen-bond acceptors (Lipinski definition) is 2. The van der Waals surface area contributed by atoms with E-state index in [1.807, 2.05) is 0 Å². The molecule has 0 bridgehead atoms. The first kappa shape index (κ1) is 17.9. The molecule has 2 amide bonds. The quantitative estimate of drug-likeness (QED) is 0.755. The number of rotatable bonds is 4. The zero-order valence-electron chi connectivity index (χ0n) is 13.1. The van der Waals surface area contributed by atoms with E-state index in [1.165, 1.54) is 12.1 Å². The Morgan fingerprint density at radius 2 is 2.00 bits per heavy atom. The molecule has 2 aromatic rings. The topological polar surface area (TPSA) is 49.4 Å². The van der Waals surface area contributed by atoms with E-state index in [-0.39, 0.29) is 24.2 Å². The van der Waals surface area contributed by atoms with Gasteiger partial charge < -0.3 is 10.2 Å². The SMILES string of the molecule is O=C(NCc1cc(F)ccc1Br)C1CCN(c2ccc(Cl)cc2)C1=O. The molecule has 0 aliphatic carbocycles. The third-order valence-electron chi connectivity index (χ3n) is 4.12. The van der Waals surface area contributed by atoms with Crippen molar-refractivity contribution in [1.29, 1.82) is 0 Å². The van der Waals surface area contributed by atoms with E-state index in [1.54, 1.807) is 35.2 Å². The second-order valence-electron chi connectivity index (χ2n) is 5.76. The lowest BCUT2D eigenvalue weighted by Gasteiger charge is -2.17. The number of benzene rings is 2. The summed E-state index contributed by atoms with van der Waals surface area (Å²) in [6.07, 6.45) is 0.442. The molecule has 1 fully saturated rings. The lowest BCUT2D eigenvalue weighted by Crippen LogP contribution is -2.36. The molecular formula is C18H15BrClFN2O2. The van der Waals surface area contributed by atoms with Crippen LogP contribution in [-0.4, -0.2) is 18.4 Å². The Balaban J connectivity index is 1.64. The number of halogens is 3. The van der Waals surface area contributed by atoms with Crippen molar-refractivity contribution in [2.45, 2.75) is 13.0 Å². The molecule has 130 valence electrons. The summed E-state index contributed by atoms with van der Waals surface area (Å²) in [6.45, 7) is 0.629. The first-order chi connectivity index (χ1) is 12.0. The van der Waals surface area contributed by atoms with Crippen molar-refractivity contribution in [3.63, 3.8) is 0 Å². The van der Waals surface area contributed by atoms with Gasteiger partial charge in [0, 0.05) is 28.3 Å². The lowest BCUT2D eigenvalue weighted by atomic mass is 10.1. The molecule has 0 radical (unpaired) electrons. The number of nitrogens with zero attached hydrogens (tertiary/aromatic N) is 1. The Kier molecular flexibility index (Phi) is 5.39. The maximum atomic E-state index is 13.3. The van der Waals surface area contributed by atoms with Gasteiger partial charge in [-0.3, -0.25) is 9.59 Å². The maximum Gasteiger partial charge on any atom is 0.239 e. The molecule has 1 aliphatic rings. The number of amides is 2. The van der Waals surface area contributed by atoms with Crippen molar-refractivity contribution in [3.05, 3.63) is 63.3 Å². The maximum absolute atomic E-state index is 13.3. The number of carbonyl (C=O) groups is 2. The van der Waals surface area contributed by atoms with Crippen LogP contribution in [0.3, 0.4) is 0 Å². The fraction of sp³-hybridized carbons (Fsp3) is 0.222. The van der Waals surface area contributed by atoms with Crippen molar-refractivity contribution in [1.82, 2.24) is 5.32 Å². The molecule has 1 aliphatic heterocycles. The monoisotopic (exact) mass is 424 g/mol. The molecule has 4 nitrogen and oxygen atoms in total. The molecular weight excluding hydrogens is 411 g/mol. The summed E-state index contributed by atoms with van der Waals surface area (Å²) < 4.78 is 14.0. The summed E-state index contributed by atoms with van der Waals surface area (Å²) in [5.41, 5.74) is 1.34. The van der Waals surface area contributed by atoms with Crippen LogP contribution in [0.5, 0.6) is 0 Å². The van der Waals surface area contributed by atoms with Crippen LogP contribution < -0.4 is 10.2 Å². The molecule has 0 spiro atoms. The molecule has 1 heterocycles. The average molecular weight is 426 g/mol. The van der Waals surface area contributed by atoms with E-state index in [0.717, 1.165) is 5.69 Å². The summed E-state index contributed by atoms with van der Waals surface area (Å²) >= 11 is 9.18. The van der Waals surface area contributed by atoms with Crippen LogP contribution in [0.4, 0.5) is 10.1 Å². The second kappa shape index (κ2) is 7.54. The van der Waals surface area contributed by atoms with Gasteiger partial charge in [0.15, 0.2) is 0 Å². The summed E-state index contributed by atoms with van der Waals surface area (Å²) in [6, 6.07) is 11.2. The Hall–Kier alpha value is -1.92. The second-order valence-corrected chi connectivity index (χ2v) is 7.05. The molecule has 0 saturated carbocycles. The van der Waals surface area contributed by atoms with Crippen molar-refractivity contribution < 1.29 is 14.0 Å². The molecule has 7 heteroatoms. The Morgan fingerprint density at radius 3 is 2.72 bits per heavy atom. The molecule has 0 aromatic heterocycles. The fourth-order valence-corrected chi connectivity index (χ4v) is 3.30. The normalized spacial score (nSPS) is 17.0. The van der Waals surface area contributed by atoms with Crippen molar-refractivity contribution in [3.8, 4) is 0 Å². The summed E-state index contributed by atoms with van der Waals surface area (Å²) in [5, 5.41) is 3.30. The highest BCUT2D eigenvalue weighted by Gasteiger charge is 2.37. The van der Waals surface area contributed by atoms with Gasteiger partial charge in [-0.2, -0.15) is 0 Å². The number of anilines is 1. The average Bonchev–Trinajstić information content (AvgIpc) is 2.98. The van der Waals surface area contributed by atoms with E-state index in [2.05, 4.69) is 21.2 Å². The first-order valence-corrected chi connectivity index (χ1v) is 8.91. The van der Waals surface area contributed by atoms with Crippen LogP contribution in [-0.2, 0) is 16.1 Å². The summed E-state index contributed by atoms with van der Waals surface area (Å²) in [5.74, 6) is -1.70. The van der Waals surface area contributed by atoms with Gasteiger partial charge in [-0.15, -0.1) is 0 Å². The summed E-state index contributed by atoms with van der Waals surface area (Å²) in [4.78, 5) is 26.5. The van der Waals surface area contributed by atoms with E-state index in [4.69, 9.17) is 11.6 Å². The smallest absolute Gasteiger partial charge is 0.239 e. The number of nitrogens with one attached hydrogen (secondary N) is 1. The van der Waals surface area contributed by atoms with Gasteiger partial charge >= 0.3 is 0 Å². The van der Waals surface area contributed by atoms with Crippen LogP contribution in [0, 0.1) is 11.7 Å². The minimum atomic E-state index is -0.733. The standard InChI is InChI=1S/C18H15BrClFN2O2/c19-16-6-3-13(21)9-11(16)10-22-17(24)15-7-8-23(18(15)25)14-4-1-12(20)2-5-14/h1-6,9,15H,7-8,10H2,(H,22,24).